The van der Waals surface area contributed by atoms with Crippen molar-refractivity contribution in [3.05, 3.63) is 11.6 Å². The van der Waals surface area contributed by atoms with E-state index >= 15 is 0 Å². The highest BCUT2D eigenvalue weighted by Crippen LogP contribution is 2.44. The highest BCUT2D eigenvalue weighted by atomic mass is 28.4. The predicted molar refractivity (Wildman–Crippen MR) is 89.9 cm³/mol. The molecule has 20 heavy (non-hydrogen) atoms. The minimum absolute atomic E-state index is 0.117. The zero-order valence-corrected chi connectivity index (χ0v) is 16.1. The highest BCUT2D eigenvalue weighted by molar-refractivity contribution is 6.83. The van der Waals surface area contributed by atoms with Gasteiger partial charge in [0.1, 0.15) is 20.3 Å². The summed E-state index contributed by atoms with van der Waals surface area (Å²) in [5.41, 5.74) is 4.58. The van der Waals surface area contributed by atoms with Crippen molar-refractivity contribution in [3.8, 4) is 11.5 Å². The van der Waals surface area contributed by atoms with Crippen molar-refractivity contribution in [1.29, 1.82) is 0 Å². The Morgan fingerprint density at radius 3 is 2.25 bits per heavy atom. The molecule has 112 valence electrons. The Morgan fingerprint density at radius 1 is 1.15 bits per heavy atom. The molecular formula is C16H28O2Si2. The summed E-state index contributed by atoms with van der Waals surface area (Å²) < 4.78 is 12.2. The van der Waals surface area contributed by atoms with Crippen molar-refractivity contribution in [1.82, 2.24) is 0 Å². The lowest BCUT2D eigenvalue weighted by Crippen LogP contribution is -2.44. The van der Waals surface area contributed by atoms with Gasteiger partial charge in [-0.05, 0) is 24.2 Å². The lowest BCUT2D eigenvalue weighted by Gasteiger charge is -2.38. The lowest BCUT2D eigenvalue weighted by atomic mass is 10.2. The van der Waals surface area contributed by atoms with E-state index in [0.29, 0.717) is 0 Å². The van der Waals surface area contributed by atoms with Gasteiger partial charge in [0.05, 0.1) is 6.10 Å². The van der Waals surface area contributed by atoms with Gasteiger partial charge in [-0.3, -0.25) is 0 Å². The van der Waals surface area contributed by atoms with Crippen LogP contribution in [0.3, 0.4) is 0 Å². The van der Waals surface area contributed by atoms with Crippen LogP contribution in [0, 0.1) is 11.5 Å². The van der Waals surface area contributed by atoms with E-state index in [2.05, 4.69) is 71.0 Å². The largest absolute Gasteiger partial charge is 0.408 e. The Labute approximate surface area is 126 Å². The average Bonchev–Trinajstić information content (AvgIpc) is 2.93. The molecule has 0 amide bonds. The van der Waals surface area contributed by atoms with Gasteiger partial charge >= 0.3 is 0 Å². The van der Waals surface area contributed by atoms with Crippen molar-refractivity contribution < 1.29 is 9.16 Å². The maximum atomic E-state index is 6.46. The normalized spacial score (nSPS) is 29.4. The van der Waals surface area contributed by atoms with Gasteiger partial charge in [-0.1, -0.05) is 46.3 Å². The van der Waals surface area contributed by atoms with Crippen molar-refractivity contribution >= 4 is 16.4 Å². The van der Waals surface area contributed by atoms with Gasteiger partial charge in [0.2, 0.25) is 0 Å². The smallest absolute Gasteiger partial charge is 0.193 e. The van der Waals surface area contributed by atoms with Crippen LogP contribution in [-0.2, 0) is 9.16 Å². The van der Waals surface area contributed by atoms with E-state index in [4.69, 9.17) is 9.16 Å². The number of hydrogen-bond acceptors (Lipinski definition) is 2. The summed E-state index contributed by atoms with van der Waals surface area (Å²) in [6, 6.07) is 0. The van der Waals surface area contributed by atoms with Crippen molar-refractivity contribution in [2.24, 2.45) is 0 Å². The molecule has 0 N–H and O–H groups in total. The molecule has 1 heterocycles. The molecule has 0 spiro atoms. The summed E-state index contributed by atoms with van der Waals surface area (Å²) in [6.45, 7) is 18.2. The number of hydrogen-bond donors (Lipinski definition) is 0. The number of fused-ring (bicyclic) bond motifs is 1. The molecule has 1 aliphatic heterocycles. The molecule has 2 aliphatic rings. The first-order chi connectivity index (χ1) is 8.91. The van der Waals surface area contributed by atoms with Crippen LogP contribution in [0.5, 0.6) is 0 Å². The molecule has 2 nitrogen and oxygen atoms in total. The van der Waals surface area contributed by atoms with Gasteiger partial charge in [0.25, 0.3) is 0 Å². The summed E-state index contributed by atoms with van der Waals surface area (Å²) >= 11 is 0. The fourth-order valence-electron chi connectivity index (χ4n) is 1.98. The molecule has 0 bridgehead atoms. The molecule has 0 unspecified atom stereocenters. The minimum Gasteiger partial charge on any atom is -0.408 e. The first kappa shape index (κ1) is 16.0. The maximum Gasteiger partial charge on any atom is 0.193 e. The molecule has 0 aromatic carbocycles. The third-order valence-electron chi connectivity index (χ3n) is 4.32. The van der Waals surface area contributed by atoms with Crippen molar-refractivity contribution in [3.63, 3.8) is 0 Å². The van der Waals surface area contributed by atoms with E-state index in [1.165, 1.54) is 0 Å². The van der Waals surface area contributed by atoms with Crippen LogP contribution in [-0.4, -0.2) is 34.7 Å². The second-order valence-corrected chi connectivity index (χ2v) is 18.0. The first-order valence-electron chi connectivity index (χ1n) is 7.49. The van der Waals surface area contributed by atoms with Crippen LogP contribution in [0.25, 0.3) is 0 Å². The van der Waals surface area contributed by atoms with E-state index in [-0.39, 0.29) is 23.4 Å². The van der Waals surface area contributed by atoms with E-state index in [9.17, 15) is 0 Å². The number of ether oxygens (including phenoxy) is 1. The second-order valence-electron chi connectivity index (χ2n) is 8.49. The Hall–Kier alpha value is -0.346. The summed E-state index contributed by atoms with van der Waals surface area (Å²) in [5, 5.41) is 0.234. The van der Waals surface area contributed by atoms with Gasteiger partial charge in [0, 0.05) is 5.57 Å². The quantitative estimate of drug-likeness (QED) is 0.437. The third kappa shape index (κ3) is 3.45. The first-order valence-corrected chi connectivity index (χ1v) is 13.9. The minimum atomic E-state index is -1.74. The van der Waals surface area contributed by atoms with Gasteiger partial charge in [-0.15, -0.1) is 5.54 Å². The summed E-state index contributed by atoms with van der Waals surface area (Å²) in [5.74, 6) is 3.35. The summed E-state index contributed by atoms with van der Waals surface area (Å²) in [6.07, 6.45) is 2.78. The van der Waals surface area contributed by atoms with Gasteiger partial charge < -0.3 is 9.16 Å². The predicted octanol–water partition coefficient (Wildman–Crippen LogP) is 3.97. The monoisotopic (exact) mass is 308 g/mol. The molecular weight excluding hydrogens is 280 g/mol. The van der Waals surface area contributed by atoms with Crippen LogP contribution < -0.4 is 0 Å². The standard InChI is InChI=1S/C16H28O2Si2/c1-16(2,3)20(7,8)18-13-11-12(14-15(13)17-14)9-10-19(4,5)6/h11,13-15H,1-8H3/t13-,14-,15+/m1/s1. The maximum absolute atomic E-state index is 6.46. The second kappa shape index (κ2) is 4.84. The Kier molecular flexibility index (Phi) is 3.88. The molecule has 0 saturated carbocycles. The molecule has 2 rings (SSSR count). The molecule has 0 radical (unpaired) electrons. The lowest BCUT2D eigenvalue weighted by molar-refractivity contribution is 0.179. The van der Waals surface area contributed by atoms with Crippen LogP contribution in [0.1, 0.15) is 20.8 Å². The van der Waals surface area contributed by atoms with E-state index in [1.54, 1.807) is 0 Å². The zero-order valence-electron chi connectivity index (χ0n) is 14.1. The van der Waals surface area contributed by atoms with E-state index < -0.39 is 16.4 Å². The summed E-state index contributed by atoms with van der Waals surface area (Å²) in [7, 11) is -3.06. The van der Waals surface area contributed by atoms with Crippen LogP contribution in [0.4, 0.5) is 0 Å². The third-order valence-corrected chi connectivity index (χ3v) is 9.67. The molecule has 4 heteroatoms. The Morgan fingerprint density at radius 2 is 1.75 bits per heavy atom. The molecule has 0 aromatic rings. The average molecular weight is 309 g/mol. The molecule has 3 atom stereocenters. The van der Waals surface area contributed by atoms with Crippen LogP contribution >= 0.6 is 0 Å². The molecule has 1 aliphatic carbocycles. The van der Waals surface area contributed by atoms with E-state index in [0.717, 1.165) is 5.57 Å². The summed E-state index contributed by atoms with van der Waals surface area (Å²) in [4.78, 5) is 0. The highest BCUT2D eigenvalue weighted by Gasteiger charge is 2.54. The fourth-order valence-corrected chi connectivity index (χ4v) is 3.74. The van der Waals surface area contributed by atoms with Crippen LogP contribution in [0.2, 0.25) is 37.8 Å². The van der Waals surface area contributed by atoms with Gasteiger partial charge in [0.15, 0.2) is 8.32 Å². The topological polar surface area (TPSA) is 21.8 Å². The number of epoxide rings is 1. The van der Waals surface area contributed by atoms with Gasteiger partial charge in [-0.2, -0.15) is 0 Å². The molecule has 1 fully saturated rings. The van der Waals surface area contributed by atoms with Crippen LogP contribution in [0.15, 0.2) is 11.6 Å². The van der Waals surface area contributed by atoms with Crippen molar-refractivity contribution in [2.45, 2.75) is 76.9 Å². The Balaban J connectivity index is 2.09. The SMILES string of the molecule is CC(C)(C)[Si](C)(C)O[C@@H]1C=C(C#C[Si](C)(C)C)[C@H]2O[C@H]21. The van der Waals surface area contributed by atoms with Gasteiger partial charge in [-0.25, -0.2) is 0 Å². The Bertz CT molecular complexity index is 483. The van der Waals surface area contributed by atoms with Crippen molar-refractivity contribution in [2.75, 3.05) is 0 Å². The molecule has 0 aromatic heterocycles. The number of rotatable bonds is 2. The molecule has 1 saturated heterocycles. The fraction of sp³-hybridized carbons (Fsp3) is 0.750. The zero-order chi connectivity index (χ0) is 15.3. The van der Waals surface area contributed by atoms with E-state index in [1.807, 2.05) is 0 Å².